The molecule has 164 valence electrons. The third-order valence-corrected chi connectivity index (χ3v) is 7.72. The minimum absolute atomic E-state index is 0.0132. The molecule has 0 heterocycles. The van der Waals surface area contributed by atoms with Gasteiger partial charge in [-0.2, -0.15) is 0 Å². The van der Waals surface area contributed by atoms with Crippen LogP contribution in [0.15, 0.2) is 47.4 Å². The number of nitro benzene ring substituents is 1. The molecule has 3 atom stereocenters. The highest BCUT2D eigenvalue weighted by atomic mass is 32.2. The number of carbonyl (C=O) groups is 1. The Hall–Kier alpha value is -2.74. The molecule has 2 saturated carbocycles. The smallest absolute Gasteiger partial charge is 0.271 e. The molecular formula is C23H26N2O5S. The number of nitrogens with zero attached hydrogens (tertiary/aromatic N) is 2. The lowest BCUT2D eigenvalue weighted by Crippen LogP contribution is -2.43. The maximum atomic E-state index is 13.8. The summed E-state index contributed by atoms with van der Waals surface area (Å²) >= 11 is 0. The van der Waals surface area contributed by atoms with Crippen molar-refractivity contribution in [2.45, 2.75) is 50.0 Å². The van der Waals surface area contributed by atoms with Gasteiger partial charge in [-0.15, -0.1) is 0 Å². The fourth-order valence-electron chi connectivity index (χ4n) is 5.08. The van der Waals surface area contributed by atoms with E-state index in [0.717, 1.165) is 49.3 Å². The molecule has 4 rings (SSSR count). The highest BCUT2D eigenvalue weighted by Crippen LogP contribution is 2.48. The second-order valence-electron chi connectivity index (χ2n) is 8.69. The van der Waals surface area contributed by atoms with E-state index >= 15 is 0 Å². The van der Waals surface area contributed by atoms with E-state index in [1.54, 1.807) is 4.90 Å². The van der Waals surface area contributed by atoms with Gasteiger partial charge >= 0.3 is 0 Å². The number of anilines is 1. The topological polar surface area (TPSA) is 97.6 Å². The molecule has 8 heteroatoms. The van der Waals surface area contributed by atoms with Gasteiger partial charge in [0.25, 0.3) is 11.6 Å². The molecule has 2 aromatic carbocycles. The van der Waals surface area contributed by atoms with Crippen LogP contribution in [0.2, 0.25) is 0 Å². The van der Waals surface area contributed by atoms with Crippen LogP contribution in [0.3, 0.4) is 0 Å². The molecule has 3 unspecified atom stereocenters. The molecule has 2 bridgehead atoms. The molecule has 1 amide bonds. The van der Waals surface area contributed by atoms with Crippen molar-refractivity contribution in [2.75, 3.05) is 11.2 Å². The van der Waals surface area contributed by atoms with Crippen molar-refractivity contribution < 1.29 is 18.1 Å². The normalized spacial score (nSPS) is 22.5. The summed E-state index contributed by atoms with van der Waals surface area (Å²) in [5.41, 5.74) is 1.48. The lowest BCUT2D eigenvalue weighted by atomic mass is 9.92. The summed E-state index contributed by atoms with van der Waals surface area (Å²) in [5.74, 6) is 0.600. The fourth-order valence-corrected chi connectivity index (χ4v) is 5.75. The highest BCUT2D eigenvalue weighted by Gasteiger charge is 2.44. The Bertz CT molecular complexity index is 1140. The van der Waals surface area contributed by atoms with Crippen molar-refractivity contribution in [1.29, 1.82) is 0 Å². The lowest BCUT2D eigenvalue weighted by molar-refractivity contribution is -0.385. The summed E-state index contributed by atoms with van der Waals surface area (Å²) < 4.78 is 24.2. The third kappa shape index (κ3) is 4.21. The van der Waals surface area contributed by atoms with Crippen LogP contribution < -0.4 is 4.90 Å². The van der Waals surface area contributed by atoms with Crippen LogP contribution in [-0.4, -0.2) is 31.5 Å². The number of benzene rings is 2. The van der Waals surface area contributed by atoms with Crippen molar-refractivity contribution >= 4 is 27.1 Å². The first-order valence-electron chi connectivity index (χ1n) is 10.6. The number of carbonyl (C=O) groups excluding carboxylic acids is 1. The van der Waals surface area contributed by atoms with E-state index in [1.165, 1.54) is 18.6 Å². The van der Waals surface area contributed by atoms with Crippen LogP contribution in [0.4, 0.5) is 11.4 Å². The summed E-state index contributed by atoms with van der Waals surface area (Å²) in [6.45, 7) is 2.04. The van der Waals surface area contributed by atoms with Gasteiger partial charge in [-0.05, 0) is 61.3 Å². The van der Waals surface area contributed by atoms with Crippen LogP contribution >= 0.6 is 0 Å². The van der Waals surface area contributed by atoms with E-state index in [2.05, 4.69) is 0 Å². The molecule has 0 spiro atoms. The first-order chi connectivity index (χ1) is 14.7. The molecule has 2 fully saturated rings. The number of amides is 1. The van der Waals surface area contributed by atoms with Crippen LogP contribution in [0.5, 0.6) is 0 Å². The monoisotopic (exact) mass is 442 g/mol. The van der Waals surface area contributed by atoms with Crippen molar-refractivity contribution in [3.8, 4) is 0 Å². The fraction of sp³-hybridized carbons (Fsp3) is 0.435. The van der Waals surface area contributed by atoms with Gasteiger partial charge < -0.3 is 4.90 Å². The number of hydrogen-bond donors (Lipinski definition) is 0. The number of fused-ring (bicyclic) bond motifs is 2. The third-order valence-electron chi connectivity index (χ3n) is 6.63. The van der Waals surface area contributed by atoms with Crippen molar-refractivity contribution in [3.63, 3.8) is 0 Å². The Kier molecular flexibility index (Phi) is 5.60. The summed E-state index contributed by atoms with van der Waals surface area (Å²) in [6, 6.07) is 11.2. The van der Waals surface area contributed by atoms with Gasteiger partial charge in [0.2, 0.25) is 0 Å². The predicted octanol–water partition coefficient (Wildman–Crippen LogP) is 4.40. The predicted molar refractivity (Wildman–Crippen MR) is 118 cm³/mol. The zero-order chi connectivity index (χ0) is 22.3. The number of sulfone groups is 1. The number of aryl methyl sites for hydroxylation is 1. The zero-order valence-electron chi connectivity index (χ0n) is 17.7. The molecule has 0 saturated heterocycles. The van der Waals surface area contributed by atoms with Crippen LogP contribution in [-0.2, 0) is 16.3 Å². The minimum Gasteiger partial charge on any atom is -0.305 e. The molecule has 2 aromatic rings. The largest absolute Gasteiger partial charge is 0.305 e. The molecule has 2 aliphatic carbocycles. The molecule has 7 nitrogen and oxygen atoms in total. The van der Waals surface area contributed by atoms with E-state index < -0.39 is 20.4 Å². The number of non-ortho nitro benzene ring substituents is 1. The molecule has 31 heavy (non-hydrogen) atoms. The molecule has 0 N–H and O–H groups in total. The van der Waals surface area contributed by atoms with Gasteiger partial charge in [-0.3, -0.25) is 14.9 Å². The Balaban J connectivity index is 1.83. The van der Waals surface area contributed by atoms with Crippen molar-refractivity contribution in [2.24, 2.45) is 11.8 Å². The number of rotatable bonds is 6. The average molecular weight is 443 g/mol. The van der Waals surface area contributed by atoms with Crippen LogP contribution in [0.25, 0.3) is 0 Å². The average Bonchev–Trinajstić information content (AvgIpc) is 3.36. The van der Waals surface area contributed by atoms with Gasteiger partial charge in [0.15, 0.2) is 9.84 Å². The van der Waals surface area contributed by atoms with E-state index in [9.17, 15) is 23.3 Å². The van der Waals surface area contributed by atoms with Gasteiger partial charge in [-0.25, -0.2) is 8.42 Å². The molecule has 2 aliphatic rings. The van der Waals surface area contributed by atoms with E-state index in [0.29, 0.717) is 11.8 Å². The molecule has 0 aliphatic heterocycles. The zero-order valence-corrected chi connectivity index (χ0v) is 18.5. The maximum Gasteiger partial charge on any atom is 0.271 e. The quantitative estimate of drug-likeness (QED) is 0.488. The minimum atomic E-state index is -3.72. The number of nitro groups is 1. The SMILES string of the molecule is CCc1cccc(N(C(=O)c2cc([N+](=O)[O-])cc(S(C)(=O)=O)c2)C2CC3CCC2C3)c1. The Morgan fingerprint density at radius 2 is 1.94 bits per heavy atom. The summed E-state index contributed by atoms with van der Waals surface area (Å²) in [4.78, 5) is 26.1. The highest BCUT2D eigenvalue weighted by molar-refractivity contribution is 7.90. The lowest BCUT2D eigenvalue weighted by Gasteiger charge is -2.35. The maximum absolute atomic E-state index is 13.8. The van der Waals surface area contributed by atoms with Gasteiger partial charge in [-0.1, -0.05) is 25.5 Å². The van der Waals surface area contributed by atoms with Crippen LogP contribution in [0.1, 0.15) is 48.5 Å². The number of hydrogen-bond acceptors (Lipinski definition) is 5. The first-order valence-corrected chi connectivity index (χ1v) is 12.5. The Labute approximate surface area is 182 Å². The van der Waals surface area contributed by atoms with E-state index in [1.807, 2.05) is 31.2 Å². The van der Waals surface area contributed by atoms with E-state index in [4.69, 9.17) is 0 Å². The summed E-state index contributed by atoms with van der Waals surface area (Å²) in [6.07, 6.45) is 6.04. The summed E-state index contributed by atoms with van der Waals surface area (Å²) in [7, 11) is -3.72. The second-order valence-corrected chi connectivity index (χ2v) is 10.7. The van der Waals surface area contributed by atoms with Crippen molar-refractivity contribution in [1.82, 2.24) is 0 Å². The first kappa shape index (κ1) is 21.5. The Morgan fingerprint density at radius 1 is 1.16 bits per heavy atom. The van der Waals surface area contributed by atoms with Crippen molar-refractivity contribution in [3.05, 3.63) is 63.7 Å². The standard InChI is InChI=1S/C23H26N2O5S/c1-3-15-5-4-6-19(10-15)24(22-11-16-7-8-17(22)9-16)23(26)18-12-20(25(27)28)14-21(13-18)31(2,29)30/h4-6,10,12-14,16-17,22H,3,7-9,11H2,1-2H3. The molecule has 0 radical (unpaired) electrons. The van der Waals surface area contributed by atoms with E-state index in [-0.39, 0.29) is 22.4 Å². The second kappa shape index (κ2) is 8.07. The van der Waals surface area contributed by atoms with Crippen LogP contribution in [0, 0.1) is 22.0 Å². The Morgan fingerprint density at radius 3 is 2.52 bits per heavy atom. The molecule has 0 aromatic heterocycles. The summed E-state index contributed by atoms with van der Waals surface area (Å²) in [5, 5.41) is 11.4. The van der Waals surface area contributed by atoms with Gasteiger partial charge in [0.05, 0.1) is 9.82 Å². The van der Waals surface area contributed by atoms with Gasteiger partial charge in [0, 0.05) is 35.7 Å². The van der Waals surface area contributed by atoms with Gasteiger partial charge in [0.1, 0.15) is 0 Å². The molecular weight excluding hydrogens is 416 g/mol.